The van der Waals surface area contributed by atoms with Crippen molar-refractivity contribution >= 4 is 17.6 Å². The summed E-state index contributed by atoms with van der Waals surface area (Å²) in [6.45, 7) is 1.42. The van der Waals surface area contributed by atoms with Crippen LogP contribution in [0.15, 0.2) is 48.8 Å². The lowest BCUT2D eigenvalue weighted by molar-refractivity contribution is -0.143. The molecule has 162 valence electrons. The number of alkyl halides is 3. The Balaban J connectivity index is 1.88. The molecule has 0 fully saturated rings. The Hall–Kier alpha value is -3.89. The number of ether oxygens (including phenoxy) is 2. The maximum Gasteiger partial charge on any atom is 0.434 e. The number of nitrogens with one attached hydrogen (secondary N) is 1. The van der Waals surface area contributed by atoms with Gasteiger partial charge in [-0.2, -0.15) is 18.3 Å². The van der Waals surface area contributed by atoms with Crippen molar-refractivity contribution in [2.45, 2.75) is 13.1 Å². The van der Waals surface area contributed by atoms with E-state index in [1.807, 2.05) is 0 Å². The monoisotopic (exact) mass is 434 g/mol. The maximum absolute atomic E-state index is 13.6. The lowest BCUT2D eigenvalue weighted by Gasteiger charge is -2.13. The molecular weight excluding hydrogens is 417 g/mol. The summed E-state index contributed by atoms with van der Waals surface area (Å²) in [6.07, 6.45) is -2.56. The Labute approximate surface area is 174 Å². The molecule has 2 heterocycles. The summed E-state index contributed by atoms with van der Waals surface area (Å²) < 4.78 is 51.1. The Morgan fingerprint density at radius 2 is 1.84 bits per heavy atom. The van der Waals surface area contributed by atoms with Gasteiger partial charge in [0.2, 0.25) is 5.88 Å². The molecule has 0 atom stereocenters. The third-order valence-corrected chi connectivity index (χ3v) is 4.11. The van der Waals surface area contributed by atoms with Gasteiger partial charge in [0, 0.05) is 11.9 Å². The molecule has 0 saturated carbocycles. The summed E-state index contributed by atoms with van der Waals surface area (Å²) in [4.78, 5) is 28.2. The predicted octanol–water partition coefficient (Wildman–Crippen LogP) is 3.72. The summed E-state index contributed by atoms with van der Waals surface area (Å²) in [5, 5.41) is 6.31. The smallest absolute Gasteiger partial charge is 0.434 e. The zero-order valence-electron chi connectivity index (χ0n) is 16.4. The van der Waals surface area contributed by atoms with Crippen LogP contribution < -0.4 is 10.1 Å². The second kappa shape index (κ2) is 8.86. The molecule has 3 rings (SSSR count). The Bertz CT molecular complexity index is 1090. The summed E-state index contributed by atoms with van der Waals surface area (Å²) in [6, 6.07) is 8.55. The van der Waals surface area contributed by atoms with Gasteiger partial charge in [-0.25, -0.2) is 14.5 Å². The van der Waals surface area contributed by atoms with Gasteiger partial charge < -0.3 is 14.8 Å². The number of esters is 1. The van der Waals surface area contributed by atoms with Crippen molar-refractivity contribution in [3.8, 4) is 11.6 Å². The number of carbonyl (C=O) groups is 2. The summed E-state index contributed by atoms with van der Waals surface area (Å²) in [5.74, 6) is -1.48. The fourth-order valence-corrected chi connectivity index (χ4v) is 2.79. The molecule has 3 aromatic rings. The van der Waals surface area contributed by atoms with Gasteiger partial charge in [0.25, 0.3) is 5.91 Å². The van der Waals surface area contributed by atoms with Crippen molar-refractivity contribution in [3.63, 3.8) is 0 Å². The van der Waals surface area contributed by atoms with Gasteiger partial charge in [0.05, 0.1) is 25.6 Å². The molecule has 0 bridgehead atoms. The van der Waals surface area contributed by atoms with Crippen LogP contribution in [0.1, 0.15) is 33.3 Å². The highest BCUT2D eigenvalue weighted by Crippen LogP contribution is 2.34. The molecule has 2 aromatic heterocycles. The molecule has 0 aliphatic rings. The molecule has 1 N–H and O–H groups in total. The van der Waals surface area contributed by atoms with Gasteiger partial charge in [-0.05, 0) is 43.3 Å². The molecule has 0 spiro atoms. The maximum atomic E-state index is 13.6. The number of hydrogen-bond donors (Lipinski definition) is 1. The van der Waals surface area contributed by atoms with Crippen molar-refractivity contribution in [2.24, 2.45) is 0 Å². The van der Waals surface area contributed by atoms with Crippen LogP contribution in [0.3, 0.4) is 0 Å². The van der Waals surface area contributed by atoms with Gasteiger partial charge in [-0.15, -0.1) is 0 Å². The van der Waals surface area contributed by atoms with Crippen LogP contribution in [-0.2, 0) is 10.9 Å². The molecule has 0 saturated heterocycles. The lowest BCUT2D eigenvalue weighted by Crippen LogP contribution is -2.18. The van der Waals surface area contributed by atoms with Crippen LogP contribution >= 0.6 is 0 Å². The second-order valence-electron chi connectivity index (χ2n) is 6.10. The minimum atomic E-state index is -4.84. The highest BCUT2D eigenvalue weighted by Gasteiger charge is 2.41. The first-order valence-electron chi connectivity index (χ1n) is 8.99. The number of benzene rings is 1. The topological polar surface area (TPSA) is 95.3 Å². The molecule has 1 aromatic carbocycles. The van der Waals surface area contributed by atoms with Crippen LogP contribution in [0.5, 0.6) is 5.88 Å². The van der Waals surface area contributed by atoms with Crippen LogP contribution in [0.2, 0.25) is 0 Å². The number of aromatic nitrogens is 3. The van der Waals surface area contributed by atoms with Crippen LogP contribution in [0, 0.1) is 0 Å². The SMILES string of the molecule is CCOC(=O)c1cnn(-c2ccc(NC(=O)c3cccnc3OC)cc2)c1C(F)(F)F. The predicted molar refractivity (Wildman–Crippen MR) is 103 cm³/mol. The van der Waals surface area contributed by atoms with Gasteiger partial charge in [0.1, 0.15) is 11.1 Å². The number of methoxy groups -OCH3 is 1. The van der Waals surface area contributed by atoms with E-state index >= 15 is 0 Å². The number of nitrogens with zero attached hydrogens (tertiary/aromatic N) is 3. The van der Waals surface area contributed by atoms with E-state index in [-0.39, 0.29) is 23.7 Å². The second-order valence-corrected chi connectivity index (χ2v) is 6.10. The van der Waals surface area contributed by atoms with Gasteiger partial charge >= 0.3 is 12.1 Å². The normalized spacial score (nSPS) is 11.1. The molecular formula is C20H17F3N4O4. The largest absolute Gasteiger partial charge is 0.480 e. The standard InChI is InChI=1S/C20H17F3N4O4/c1-3-31-19(29)15-11-25-27(16(15)20(21,22)23)13-8-6-12(7-9-13)26-17(28)14-5-4-10-24-18(14)30-2/h4-11H,3H2,1-2H3,(H,26,28). The van der Waals surface area contributed by atoms with Crippen molar-refractivity contribution in [1.29, 1.82) is 0 Å². The van der Waals surface area contributed by atoms with Crippen molar-refractivity contribution in [1.82, 2.24) is 14.8 Å². The van der Waals surface area contributed by atoms with Crippen LogP contribution in [0.25, 0.3) is 5.69 Å². The number of pyridine rings is 1. The fraction of sp³-hybridized carbons (Fsp3) is 0.200. The number of amides is 1. The quantitative estimate of drug-likeness (QED) is 0.594. The van der Waals surface area contributed by atoms with Gasteiger partial charge in [-0.1, -0.05) is 0 Å². The average Bonchev–Trinajstić information content (AvgIpc) is 3.20. The molecule has 8 nitrogen and oxygen atoms in total. The van der Waals surface area contributed by atoms with E-state index < -0.39 is 29.3 Å². The van der Waals surface area contributed by atoms with E-state index in [0.29, 0.717) is 10.4 Å². The van der Waals surface area contributed by atoms with E-state index in [0.717, 1.165) is 6.20 Å². The van der Waals surface area contributed by atoms with Crippen molar-refractivity contribution in [2.75, 3.05) is 19.0 Å². The number of anilines is 1. The highest BCUT2D eigenvalue weighted by atomic mass is 19.4. The van der Waals surface area contributed by atoms with E-state index in [1.54, 1.807) is 6.07 Å². The van der Waals surface area contributed by atoms with Crippen molar-refractivity contribution < 1.29 is 32.2 Å². The number of halogens is 3. The minimum Gasteiger partial charge on any atom is -0.480 e. The number of carbonyl (C=O) groups excluding carboxylic acids is 2. The summed E-state index contributed by atoms with van der Waals surface area (Å²) >= 11 is 0. The van der Waals surface area contributed by atoms with E-state index in [9.17, 15) is 22.8 Å². The molecule has 11 heteroatoms. The zero-order chi connectivity index (χ0) is 22.6. The van der Waals surface area contributed by atoms with Crippen LogP contribution in [-0.4, -0.2) is 40.4 Å². The highest BCUT2D eigenvalue weighted by molar-refractivity contribution is 6.05. The first kappa shape index (κ1) is 21.8. The Morgan fingerprint density at radius 1 is 1.13 bits per heavy atom. The summed E-state index contributed by atoms with van der Waals surface area (Å²) in [7, 11) is 1.38. The molecule has 0 aliphatic heterocycles. The molecule has 1 amide bonds. The number of rotatable bonds is 6. The third kappa shape index (κ3) is 4.65. The van der Waals surface area contributed by atoms with Gasteiger partial charge in [0.15, 0.2) is 5.69 Å². The minimum absolute atomic E-state index is 0.0415. The lowest BCUT2D eigenvalue weighted by atomic mass is 10.2. The summed E-state index contributed by atoms with van der Waals surface area (Å²) in [5.41, 5.74) is -1.37. The van der Waals surface area contributed by atoms with E-state index in [4.69, 9.17) is 4.74 Å². The van der Waals surface area contributed by atoms with E-state index in [2.05, 4.69) is 20.1 Å². The number of hydrogen-bond acceptors (Lipinski definition) is 6. The molecule has 0 unspecified atom stereocenters. The van der Waals surface area contributed by atoms with Crippen molar-refractivity contribution in [3.05, 3.63) is 65.6 Å². The fourth-order valence-electron chi connectivity index (χ4n) is 2.79. The Kier molecular flexibility index (Phi) is 6.23. The Morgan fingerprint density at radius 3 is 2.45 bits per heavy atom. The average molecular weight is 434 g/mol. The van der Waals surface area contributed by atoms with E-state index in [1.165, 1.54) is 50.6 Å². The first-order chi connectivity index (χ1) is 14.8. The third-order valence-electron chi connectivity index (χ3n) is 4.11. The van der Waals surface area contributed by atoms with Crippen LogP contribution in [0.4, 0.5) is 18.9 Å². The first-order valence-corrected chi connectivity index (χ1v) is 8.99. The molecule has 31 heavy (non-hydrogen) atoms. The molecule has 0 radical (unpaired) electrons. The van der Waals surface area contributed by atoms with Gasteiger partial charge in [-0.3, -0.25) is 4.79 Å². The molecule has 0 aliphatic carbocycles. The zero-order valence-corrected chi connectivity index (χ0v) is 16.4.